The number of rotatable bonds is 6. The number of hydrogen-bond donors (Lipinski definition) is 1. The van der Waals surface area contributed by atoms with E-state index in [0.717, 1.165) is 11.6 Å². The van der Waals surface area contributed by atoms with E-state index in [1.807, 2.05) is 11.8 Å². The first kappa shape index (κ1) is 20.8. The third-order valence-corrected chi connectivity index (χ3v) is 4.53. The number of nitrogens with zero attached hydrogens (tertiary/aromatic N) is 5. The second-order valence-corrected chi connectivity index (χ2v) is 6.86. The Morgan fingerprint density at radius 3 is 2.71 bits per heavy atom. The third-order valence-electron chi connectivity index (χ3n) is 4.53. The molecule has 0 bridgehead atoms. The summed E-state index contributed by atoms with van der Waals surface area (Å²) in [4.78, 5) is 10.1. The Hall–Kier alpha value is -3.47. The first-order valence-electron chi connectivity index (χ1n) is 9.52. The van der Waals surface area contributed by atoms with E-state index in [-0.39, 0.29) is 25.0 Å². The monoisotopic (exact) mass is 434 g/mol. The molecule has 1 N–H and O–H groups in total. The van der Waals surface area contributed by atoms with Gasteiger partial charge >= 0.3 is 6.61 Å². The summed E-state index contributed by atoms with van der Waals surface area (Å²) in [5.41, 5.74) is 1.40. The van der Waals surface area contributed by atoms with Crippen LogP contribution >= 0.6 is 0 Å². The summed E-state index contributed by atoms with van der Waals surface area (Å²) in [6.45, 7) is 0.677. The minimum atomic E-state index is -2.89. The number of morpholine rings is 1. The molecule has 11 heteroatoms. The highest BCUT2D eigenvalue weighted by Gasteiger charge is 2.20. The minimum Gasteiger partial charge on any atom is -0.435 e. The fourth-order valence-corrected chi connectivity index (χ4v) is 3.16. The molecule has 31 heavy (non-hydrogen) atoms. The molecule has 4 rings (SSSR count). The van der Waals surface area contributed by atoms with Gasteiger partial charge in [0.25, 0.3) is 0 Å². The molecule has 1 aromatic carbocycles. The molecular formula is C20H21F3N6O2. The van der Waals surface area contributed by atoms with E-state index in [1.54, 1.807) is 18.2 Å². The lowest BCUT2D eigenvalue weighted by Crippen LogP contribution is -2.42. The summed E-state index contributed by atoms with van der Waals surface area (Å²) in [5, 5.41) is 10.9. The summed E-state index contributed by atoms with van der Waals surface area (Å²) >= 11 is 0. The summed E-state index contributed by atoms with van der Waals surface area (Å²) in [6, 6.07) is 8.97. The van der Waals surface area contributed by atoms with Crippen LogP contribution in [0.15, 0.2) is 42.6 Å². The number of hydrogen-bond acceptors (Lipinski definition) is 8. The van der Waals surface area contributed by atoms with Crippen LogP contribution in [0.2, 0.25) is 0 Å². The number of alkyl halides is 2. The van der Waals surface area contributed by atoms with Crippen molar-refractivity contribution in [2.75, 3.05) is 29.9 Å². The van der Waals surface area contributed by atoms with Crippen LogP contribution in [0.4, 0.5) is 30.8 Å². The summed E-state index contributed by atoms with van der Waals surface area (Å²) in [6.07, 6.45) is 1.52. The SMILES string of the molecule is C[C@H]1CN(c2nc(F)cc(Nc3cc(-c4ccc(OC(F)F)cc4)cnn3)n2)CCO1.[HH]. The molecule has 0 spiro atoms. The molecular weight excluding hydrogens is 413 g/mol. The molecule has 8 nitrogen and oxygen atoms in total. The highest BCUT2D eigenvalue weighted by Crippen LogP contribution is 2.25. The molecule has 0 aliphatic carbocycles. The van der Waals surface area contributed by atoms with Gasteiger partial charge in [-0.15, -0.1) is 5.10 Å². The molecule has 1 aliphatic heterocycles. The zero-order valence-corrected chi connectivity index (χ0v) is 16.5. The van der Waals surface area contributed by atoms with Crippen LogP contribution in [-0.2, 0) is 4.74 Å². The van der Waals surface area contributed by atoms with Crippen LogP contribution < -0.4 is 15.0 Å². The largest absolute Gasteiger partial charge is 0.435 e. The van der Waals surface area contributed by atoms with Gasteiger partial charge < -0.3 is 19.7 Å². The van der Waals surface area contributed by atoms with E-state index in [4.69, 9.17) is 4.74 Å². The van der Waals surface area contributed by atoms with Gasteiger partial charge in [0.1, 0.15) is 11.6 Å². The topological polar surface area (TPSA) is 85.3 Å². The Morgan fingerprint density at radius 2 is 1.97 bits per heavy atom. The normalized spacial score (nSPS) is 16.4. The van der Waals surface area contributed by atoms with Crippen LogP contribution in [0.1, 0.15) is 8.35 Å². The van der Waals surface area contributed by atoms with E-state index in [2.05, 4.69) is 30.2 Å². The summed E-state index contributed by atoms with van der Waals surface area (Å²) in [7, 11) is 0. The molecule has 2 aromatic heterocycles. The number of benzene rings is 1. The second-order valence-electron chi connectivity index (χ2n) is 6.86. The number of aromatic nitrogens is 4. The van der Waals surface area contributed by atoms with Crippen LogP contribution in [-0.4, -0.2) is 52.6 Å². The molecule has 0 radical (unpaired) electrons. The molecule has 0 amide bonds. The lowest BCUT2D eigenvalue weighted by Gasteiger charge is -2.31. The summed E-state index contributed by atoms with van der Waals surface area (Å²) in [5.74, 6) is 0.209. The number of halogens is 3. The van der Waals surface area contributed by atoms with Gasteiger partial charge in [-0.1, -0.05) is 12.1 Å². The van der Waals surface area contributed by atoms with Crippen molar-refractivity contribution in [1.29, 1.82) is 0 Å². The average Bonchev–Trinajstić information content (AvgIpc) is 2.74. The van der Waals surface area contributed by atoms with Crippen molar-refractivity contribution < 1.29 is 24.1 Å². The predicted octanol–water partition coefficient (Wildman–Crippen LogP) is 3.89. The number of ether oxygens (including phenoxy) is 2. The molecule has 0 unspecified atom stereocenters. The second kappa shape index (κ2) is 9.13. The maximum absolute atomic E-state index is 14.1. The van der Waals surface area contributed by atoms with Crippen LogP contribution in [0.3, 0.4) is 0 Å². The molecule has 3 heterocycles. The zero-order valence-electron chi connectivity index (χ0n) is 16.5. The van der Waals surface area contributed by atoms with E-state index in [1.165, 1.54) is 18.3 Å². The molecule has 0 saturated carbocycles. The lowest BCUT2D eigenvalue weighted by atomic mass is 10.1. The average molecular weight is 434 g/mol. The van der Waals surface area contributed by atoms with E-state index in [0.29, 0.717) is 31.1 Å². The molecule has 164 valence electrons. The van der Waals surface area contributed by atoms with Gasteiger partial charge in [0.15, 0.2) is 5.82 Å². The van der Waals surface area contributed by atoms with Crippen molar-refractivity contribution in [2.45, 2.75) is 19.6 Å². The minimum absolute atomic E-state index is 0. The van der Waals surface area contributed by atoms with Crippen molar-refractivity contribution in [2.24, 2.45) is 0 Å². The highest BCUT2D eigenvalue weighted by molar-refractivity contribution is 5.67. The van der Waals surface area contributed by atoms with Crippen molar-refractivity contribution in [3.8, 4) is 16.9 Å². The highest BCUT2D eigenvalue weighted by atomic mass is 19.3. The lowest BCUT2D eigenvalue weighted by molar-refractivity contribution is -0.0498. The zero-order chi connectivity index (χ0) is 21.8. The standard InChI is InChI=1S/C20H19F3N6O2.H2/c1-12-11-29(6-7-30-12)20-25-16(21)9-17(27-20)26-18-8-14(10-24-28-18)13-2-4-15(5-3-13)31-19(22)23;/h2-5,8-10,12,19H,6-7,11H2,1H3,(H,25,26,27,28);1H/t12-;/m0./s1. The van der Waals surface area contributed by atoms with Gasteiger partial charge in [0, 0.05) is 26.1 Å². The van der Waals surface area contributed by atoms with E-state index in [9.17, 15) is 13.2 Å². The molecule has 1 atom stereocenters. The first-order valence-corrected chi connectivity index (χ1v) is 9.52. The first-order chi connectivity index (χ1) is 15.0. The summed E-state index contributed by atoms with van der Waals surface area (Å²) < 4.78 is 48.6. The van der Waals surface area contributed by atoms with Crippen LogP contribution in [0.5, 0.6) is 5.75 Å². The van der Waals surface area contributed by atoms with Gasteiger partial charge in [0.2, 0.25) is 11.9 Å². The van der Waals surface area contributed by atoms with Crippen molar-refractivity contribution in [3.63, 3.8) is 0 Å². The maximum atomic E-state index is 14.1. The maximum Gasteiger partial charge on any atom is 0.387 e. The van der Waals surface area contributed by atoms with Crippen molar-refractivity contribution >= 4 is 17.6 Å². The van der Waals surface area contributed by atoms with Crippen molar-refractivity contribution in [1.82, 2.24) is 20.2 Å². The number of anilines is 3. The van der Waals surface area contributed by atoms with Crippen LogP contribution in [0, 0.1) is 5.95 Å². The van der Waals surface area contributed by atoms with Crippen molar-refractivity contribution in [3.05, 3.63) is 48.5 Å². The van der Waals surface area contributed by atoms with Crippen LogP contribution in [0.25, 0.3) is 11.1 Å². The third kappa shape index (κ3) is 5.37. The predicted molar refractivity (Wildman–Crippen MR) is 109 cm³/mol. The Kier molecular flexibility index (Phi) is 6.12. The van der Waals surface area contributed by atoms with E-state index >= 15 is 0 Å². The smallest absolute Gasteiger partial charge is 0.387 e. The van der Waals surface area contributed by atoms with Gasteiger partial charge in [-0.25, -0.2) is 0 Å². The molecule has 1 saturated heterocycles. The fraction of sp³-hybridized carbons (Fsp3) is 0.300. The molecule has 1 fully saturated rings. The fourth-order valence-electron chi connectivity index (χ4n) is 3.16. The van der Waals surface area contributed by atoms with Gasteiger partial charge in [-0.3, -0.25) is 0 Å². The Labute approximate surface area is 177 Å². The van der Waals surface area contributed by atoms with Gasteiger partial charge in [-0.05, 0) is 30.7 Å². The van der Waals surface area contributed by atoms with E-state index < -0.39 is 12.6 Å². The molecule has 1 aliphatic rings. The van der Waals surface area contributed by atoms with Gasteiger partial charge in [-0.2, -0.15) is 28.2 Å². The van der Waals surface area contributed by atoms with Gasteiger partial charge in [0.05, 0.1) is 18.9 Å². The number of nitrogens with one attached hydrogen (secondary N) is 1. The molecule has 3 aromatic rings. The Balaban J connectivity index is 0.00000289. The Bertz CT molecular complexity index is 1040. The Morgan fingerprint density at radius 1 is 1.16 bits per heavy atom. The quantitative estimate of drug-likeness (QED) is 0.585.